The Morgan fingerprint density at radius 1 is 1.43 bits per heavy atom. The molecule has 0 spiro atoms. The molecule has 134 valence electrons. The van der Waals surface area contributed by atoms with Crippen LogP contribution in [0.3, 0.4) is 0 Å². The number of halogens is 2. The van der Waals surface area contributed by atoms with E-state index in [0.717, 1.165) is 30.8 Å². The van der Waals surface area contributed by atoms with Crippen LogP contribution in [-0.2, 0) is 4.79 Å². The summed E-state index contributed by atoms with van der Waals surface area (Å²) in [5.74, 6) is 0.869. The van der Waals surface area contributed by atoms with Gasteiger partial charge in [0.25, 0.3) is 0 Å². The lowest BCUT2D eigenvalue weighted by Gasteiger charge is -2.38. The maximum atomic E-state index is 12.6. The molecule has 3 unspecified atom stereocenters. The summed E-state index contributed by atoms with van der Waals surface area (Å²) in [6.45, 7) is 9.71. The lowest BCUT2D eigenvalue weighted by atomic mass is 9.92. The van der Waals surface area contributed by atoms with E-state index in [-0.39, 0.29) is 42.8 Å². The van der Waals surface area contributed by atoms with Gasteiger partial charge in [-0.15, -0.1) is 24.8 Å². The van der Waals surface area contributed by atoms with E-state index in [2.05, 4.69) is 18.9 Å². The highest BCUT2D eigenvalue weighted by Crippen LogP contribution is 2.24. The van der Waals surface area contributed by atoms with Crippen LogP contribution in [0.4, 0.5) is 0 Å². The van der Waals surface area contributed by atoms with Gasteiger partial charge in [0.2, 0.25) is 5.91 Å². The van der Waals surface area contributed by atoms with Gasteiger partial charge in [-0.1, -0.05) is 6.92 Å². The highest BCUT2D eigenvalue weighted by molar-refractivity contribution is 5.85. The van der Waals surface area contributed by atoms with Crippen LogP contribution in [0.1, 0.15) is 50.5 Å². The van der Waals surface area contributed by atoms with Crippen molar-refractivity contribution >= 4 is 30.7 Å². The topological polar surface area (TPSA) is 64.2 Å². The molecule has 2 heterocycles. The fourth-order valence-corrected chi connectivity index (χ4v) is 3.35. The van der Waals surface area contributed by atoms with Crippen molar-refractivity contribution in [3.05, 3.63) is 17.5 Å². The monoisotopic (exact) mass is 364 g/mol. The zero-order chi connectivity index (χ0) is 15.6. The Balaban J connectivity index is 0.00000242. The smallest absolute Gasteiger partial charge is 0.225 e. The number of rotatable bonds is 4. The second-order valence-corrected chi connectivity index (χ2v) is 6.53. The summed E-state index contributed by atoms with van der Waals surface area (Å²) in [6.07, 6.45) is 2.60. The Hall–Kier alpha value is -0.780. The van der Waals surface area contributed by atoms with Gasteiger partial charge in [-0.2, -0.15) is 5.10 Å². The molecule has 3 atom stereocenters. The fourth-order valence-electron chi connectivity index (χ4n) is 3.35. The van der Waals surface area contributed by atoms with Crippen molar-refractivity contribution in [2.45, 2.75) is 59.0 Å². The van der Waals surface area contributed by atoms with Crippen LogP contribution in [0.15, 0.2) is 6.07 Å². The average Bonchev–Trinajstić information content (AvgIpc) is 2.77. The number of likely N-dealkylation sites (tertiary alicyclic amines) is 1. The Bertz CT molecular complexity index is 506. The van der Waals surface area contributed by atoms with Gasteiger partial charge in [0.1, 0.15) is 0 Å². The van der Waals surface area contributed by atoms with E-state index in [1.807, 2.05) is 29.5 Å². The molecule has 1 fully saturated rings. The highest BCUT2D eigenvalue weighted by Gasteiger charge is 2.29. The Labute approximate surface area is 151 Å². The number of carbonyl (C=O) groups is 1. The first kappa shape index (κ1) is 22.2. The first-order chi connectivity index (χ1) is 9.92. The fraction of sp³-hybridized carbons (Fsp3) is 0.750. The van der Waals surface area contributed by atoms with E-state index in [0.29, 0.717) is 18.9 Å². The van der Waals surface area contributed by atoms with Crippen molar-refractivity contribution in [2.75, 3.05) is 13.1 Å². The summed E-state index contributed by atoms with van der Waals surface area (Å²) in [6, 6.07) is 2.34. The standard InChI is InChI=1S/C16H28N4O.2ClH/c1-11-5-6-19(15(7-11)10-17)16(21)9-14(4)20-13(3)8-12(2)18-20;;/h8,11,14-15H,5-7,9-10,17H2,1-4H3;2*1H. The average molecular weight is 365 g/mol. The molecule has 0 aliphatic carbocycles. The molecule has 5 nitrogen and oxygen atoms in total. The van der Waals surface area contributed by atoms with Crippen molar-refractivity contribution < 1.29 is 4.79 Å². The zero-order valence-electron chi connectivity index (χ0n) is 14.5. The molecule has 0 bridgehead atoms. The van der Waals surface area contributed by atoms with Gasteiger partial charge < -0.3 is 10.6 Å². The third-order valence-electron chi connectivity index (χ3n) is 4.50. The van der Waals surface area contributed by atoms with Gasteiger partial charge in [-0.05, 0) is 45.6 Å². The van der Waals surface area contributed by atoms with Crippen molar-refractivity contribution in [2.24, 2.45) is 11.7 Å². The van der Waals surface area contributed by atoms with Gasteiger partial charge in [0.15, 0.2) is 0 Å². The quantitative estimate of drug-likeness (QED) is 0.892. The molecule has 1 aliphatic rings. The molecule has 7 heteroatoms. The van der Waals surface area contributed by atoms with Crippen LogP contribution in [0, 0.1) is 19.8 Å². The number of aromatic nitrogens is 2. The van der Waals surface area contributed by atoms with Crippen molar-refractivity contribution in [1.82, 2.24) is 14.7 Å². The molecule has 1 aromatic heterocycles. The van der Waals surface area contributed by atoms with E-state index in [1.165, 1.54) is 0 Å². The minimum absolute atomic E-state index is 0. The van der Waals surface area contributed by atoms with Crippen LogP contribution in [-0.4, -0.2) is 39.7 Å². The molecule has 2 N–H and O–H groups in total. The number of piperidine rings is 1. The molecule has 23 heavy (non-hydrogen) atoms. The summed E-state index contributed by atoms with van der Waals surface area (Å²) in [7, 11) is 0. The van der Waals surface area contributed by atoms with Crippen molar-refractivity contribution in [3.8, 4) is 0 Å². The maximum Gasteiger partial charge on any atom is 0.225 e. The summed E-state index contributed by atoms with van der Waals surface area (Å²) in [5.41, 5.74) is 7.96. The second-order valence-electron chi connectivity index (χ2n) is 6.53. The first-order valence-electron chi connectivity index (χ1n) is 7.94. The molecule has 0 radical (unpaired) electrons. The van der Waals surface area contributed by atoms with E-state index >= 15 is 0 Å². The molecular weight excluding hydrogens is 335 g/mol. The number of amides is 1. The number of nitrogens with two attached hydrogens (primary N) is 1. The minimum Gasteiger partial charge on any atom is -0.338 e. The van der Waals surface area contributed by atoms with Crippen LogP contribution in [0.2, 0.25) is 0 Å². The van der Waals surface area contributed by atoms with Gasteiger partial charge in [0, 0.05) is 31.2 Å². The zero-order valence-corrected chi connectivity index (χ0v) is 16.1. The molecule has 0 saturated carbocycles. The molecule has 2 rings (SSSR count). The van der Waals surface area contributed by atoms with Crippen molar-refractivity contribution in [3.63, 3.8) is 0 Å². The second kappa shape index (κ2) is 9.50. The van der Waals surface area contributed by atoms with E-state index in [1.54, 1.807) is 0 Å². The van der Waals surface area contributed by atoms with Gasteiger partial charge in [-0.3, -0.25) is 9.48 Å². The molecule has 0 aromatic carbocycles. The number of aryl methyl sites for hydroxylation is 2. The molecular formula is C16H30Cl2N4O. The summed E-state index contributed by atoms with van der Waals surface area (Å²) >= 11 is 0. The lowest BCUT2D eigenvalue weighted by Crippen LogP contribution is -2.49. The van der Waals surface area contributed by atoms with Gasteiger partial charge in [0.05, 0.1) is 11.7 Å². The first-order valence-corrected chi connectivity index (χ1v) is 7.94. The van der Waals surface area contributed by atoms with Crippen molar-refractivity contribution in [1.29, 1.82) is 0 Å². The van der Waals surface area contributed by atoms with E-state index < -0.39 is 0 Å². The van der Waals surface area contributed by atoms with Gasteiger partial charge in [-0.25, -0.2) is 0 Å². The number of hydrogen-bond acceptors (Lipinski definition) is 3. The normalized spacial score (nSPS) is 22.0. The van der Waals surface area contributed by atoms with Crippen LogP contribution < -0.4 is 5.73 Å². The largest absolute Gasteiger partial charge is 0.338 e. The Kier molecular flexibility index (Phi) is 9.18. The molecule has 1 saturated heterocycles. The third kappa shape index (κ3) is 5.37. The summed E-state index contributed by atoms with van der Waals surface area (Å²) < 4.78 is 1.96. The predicted molar refractivity (Wildman–Crippen MR) is 98.5 cm³/mol. The Morgan fingerprint density at radius 3 is 2.61 bits per heavy atom. The molecule has 1 amide bonds. The number of carbonyl (C=O) groups excluding carboxylic acids is 1. The van der Waals surface area contributed by atoms with Gasteiger partial charge >= 0.3 is 0 Å². The number of nitrogens with zero attached hydrogens (tertiary/aromatic N) is 3. The predicted octanol–water partition coefficient (Wildman–Crippen LogP) is 2.88. The van der Waals surface area contributed by atoms with Crippen LogP contribution >= 0.6 is 24.8 Å². The minimum atomic E-state index is 0. The lowest BCUT2D eigenvalue weighted by molar-refractivity contribution is -0.136. The third-order valence-corrected chi connectivity index (χ3v) is 4.50. The Morgan fingerprint density at radius 2 is 2.09 bits per heavy atom. The summed E-state index contributed by atoms with van der Waals surface area (Å²) in [4.78, 5) is 14.6. The highest BCUT2D eigenvalue weighted by atomic mass is 35.5. The van der Waals surface area contributed by atoms with E-state index in [4.69, 9.17) is 5.73 Å². The van der Waals surface area contributed by atoms with Crippen LogP contribution in [0.5, 0.6) is 0 Å². The molecule has 1 aromatic rings. The SMILES string of the molecule is Cc1cc(C)n(C(C)CC(=O)N2CCC(C)CC2CN)n1.Cl.Cl. The maximum absolute atomic E-state index is 12.6. The van der Waals surface area contributed by atoms with Crippen LogP contribution in [0.25, 0.3) is 0 Å². The number of hydrogen-bond donors (Lipinski definition) is 1. The summed E-state index contributed by atoms with van der Waals surface area (Å²) in [5, 5.41) is 4.48. The molecule has 1 aliphatic heterocycles. The van der Waals surface area contributed by atoms with E-state index in [9.17, 15) is 4.79 Å².